The zero-order valence-electron chi connectivity index (χ0n) is 17.0. The van der Waals surface area contributed by atoms with Crippen molar-refractivity contribution in [1.29, 1.82) is 0 Å². The Morgan fingerprint density at radius 2 is 1.33 bits per heavy atom. The number of hydrogen-bond donors (Lipinski definition) is 8. The van der Waals surface area contributed by atoms with Crippen molar-refractivity contribution in [1.82, 2.24) is 16.0 Å². The van der Waals surface area contributed by atoms with E-state index in [2.05, 4.69) is 10.6 Å². The zero-order chi connectivity index (χ0) is 23.4. The fourth-order valence-corrected chi connectivity index (χ4v) is 2.26. The molecule has 10 N–H and O–H groups in total. The molecule has 0 aliphatic heterocycles. The van der Waals surface area contributed by atoms with Crippen LogP contribution in [0.1, 0.15) is 33.1 Å². The molecule has 0 saturated carbocycles. The molecule has 13 nitrogen and oxygen atoms in total. The first-order chi connectivity index (χ1) is 14.0. The maximum atomic E-state index is 12.5. The lowest BCUT2D eigenvalue weighted by Gasteiger charge is -2.25. The van der Waals surface area contributed by atoms with Gasteiger partial charge in [0, 0.05) is 6.42 Å². The van der Waals surface area contributed by atoms with Crippen molar-refractivity contribution in [2.45, 2.75) is 57.3 Å². The lowest BCUT2D eigenvalue weighted by atomic mass is 9.98. The van der Waals surface area contributed by atoms with Crippen LogP contribution in [0.3, 0.4) is 0 Å². The van der Waals surface area contributed by atoms with Gasteiger partial charge in [-0.15, -0.1) is 0 Å². The standard InChI is InChI=1S/C17H31N5O8/c1-3-8(2)13(19)16(28)20-9(4-5-12(18)25)14(26)21-10(6-23)15(27)22-11(7-24)17(29)30/h8-11,13,23-24H,3-7,19H2,1-2H3,(H2,18,25)(H,20,28)(H,21,26)(H,22,27)(H,29,30). The van der Waals surface area contributed by atoms with Crippen LogP contribution in [0.5, 0.6) is 0 Å². The number of carboxylic acids is 1. The van der Waals surface area contributed by atoms with Crippen LogP contribution in [0.2, 0.25) is 0 Å². The molecule has 0 aromatic rings. The molecule has 0 radical (unpaired) electrons. The predicted molar refractivity (Wildman–Crippen MR) is 103 cm³/mol. The maximum absolute atomic E-state index is 12.5. The highest BCUT2D eigenvalue weighted by atomic mass is 16.4. The van der Waals surface area contributed by atoms with Gasteiger partial charge < -0.3 is 42.7 Å². The van der Waals surface area contributed by atoms with E-state index in [4.69, 9.17) is 21.7 Å². The molecular weight excluding hydrogens is 402 g/mol. The Morgan fingerprint density at radius 1 is 0.867 bits per heavy atom. The summed E-state index contributed by atoms with van der Waals surface area (Å²) < 4.78 is 0. The van der Waals surface area contributed by atoms with E-state index in [-0.39, 0.29) is 18.8 Å². The third-order valence-corrected chi connectivity index (χ3v) is 4.48. The van der Waals surface area contributed by atoms with Gasteiger partial charge in [0.2, 0.25) is 23.6 Å². The lowest BCUT2D eigenvalue weighted by Crippen LogP contribution is -2.58. The molecular formula is C17H31N5O8. The van der Waals surface area contributed by atoms with Crippen LogP contribution in [0, 0.1) is 5.92 Å². The number of carbonyl (C=O) groups excluding carboxylic acids is 4. The molecule has 0 bridgehead atoms. The first-order valence-corrected chi connectivity index (χ1v) is 9.37. The molecule has 172 valence electrons. The number of aliphatic hydroxyl groups excluding tert-OH is 2. The van der Waals surface area contributed by atoms with E-state index in [9.17, 15) is 29.1 Å². The number of carbonyl (C=O) groups is 5. The zero-order valence-corrected chi connectivity index (χ0v) is 17.0. The van der Waals surface area contributed by atoms with Gasteiger partial charge in [-0.25, -0.2) is 4.79 Å². The highest BCUT2D eigenvalue weighted by Crippen LogP contribution is 2.07. The smallest absolute Gasteiger partial charge is 0.328 e. The van der Waals surface area contributed by atoms with Gasteiger partial charge in [-0.05, 0) is 12.3 Å². The largest absolute Gasteiger partial charge is 0.480 e. The van der Waals surface area contributed by atoms with Crippen molar-refractivity contribution in [2.24, 2.45) is 17.4 Å². The van der Waals surface area contributed by atoms with Crippen LogP contribution in [0.4, 0.5) is 0 Å². The summed E-state index contributed by atoms with van der Waals surface area (Å²) >= 11 is 0. The molecule has 4 amide bonds. The first kappa shape index (κ1) is 27.2. The number of primary amides is 1. The highest BCUT2D eigenvalue weighted by molar-refractivity contribution is 5.94. The third-order valence-electron chi connectivity index (χ3n) is 4.48. The van der Waals surface area contributed by atoms with Gasteiger partial charge in [-0.2, -0.15) is 0 Å². The quantitative estimate of drug-likeness (QED) is 0.134. The number of nitrogens with two attached hydrogens (primary N) is 2. The SMILES string of the molecule is CCC(C)C(N)C(=O)NC(CCC(N)=O)C(=O)NC(CO)C(=O)NC(CO)C(=O)O. The number of carboxylic acid groups (broad SMARTS) is 1. The van der Waals surface area contributed by atoms with Crippen LogP contribution in [-0.4, -0.2) is 82.3 Å². The third kappa shape index (κ3) is 9.15. The molecule has 5 atom stereocenters. The average molecular weight is 433 g/mol. The monoisotopic (exact) mass is 433 g/mol. The molecule has 0 aliphatic rings. The van der Waals surface area contributed by atoms with E-state index < -0.39 is 67.0 Å². The van der Waals surface area contributed by atoms with Crippen LogP contribution >= 0.6 is 0 Å². The molecule has 0 aromatic heterocycles. The summed E-state index contributed by atoms with van der Waals surface area (Å²) in [5, 5.41) is 33.7. The van der Waals surface area contributed by atoms with E-state index in [0.717, 1.165) is 0 Å². The summed E-state index contributed by atoms with van der Waals surface area (Å²) in [6, 6.07) is -5.41. The molecule has 0 saturated heterocycles. The summed E-state index contributed by atoms with van der Waals surface area (Å²) in [5.41, 5.74) is 10.9. The highest BCUT2D eigenvalue weighted by Gasteiger charge is 2.30. The fourth-order valence-electron chi connectivity index (χ4n) is 2.26. The van der Waals surface area contributed by atoms with Gasteiger partial charge in [0.1, 0.15) is 18.1 Å². The van der Waals surface area contributed by atoms with E-state index in [1.807, 2.05) is 12.2 Å². The molecule has 5 unspecified atom stereocenters. The van der Waals surface area contributed by atoms with Gasteiger partial charge in [0.25, 0.3) is 0 Å². The number of aliphatic hydroxyl groups is 2. The van der Waals surface area contributed by atoms with Gasteiger partial charge in [0.05, 0.1) is 19.3 Å². The Bertz CT molecular complexity index is 629. The minimum atomic E-state index is -1.64. The van der Waals surface area contributed by atoms with Crippen molar-refractivity contribution in [2.75, 3.05) is 13.2 Å². The van der Waals surface area contributed by atoms with Crippen LogP contribution in [-0.2, 0) is 24.0 Å². The second kappa shape index (κ2) is 13.5. The fraction of sp³-hybridized carbons (Fsp3) is 0.706. The molecule has 0 aliphatic carbocycles. The molecule has 0 spiro atoms. The number of hydrogen-bond acceptors (Lipinski definition) is 8. The van der Waals surface area contributed by atoms with Crippen LogP contribution in [0.25, 0.3) is 0 Å². The minimum Gasteiger partial charge on any atom is -0.480 e. The minimum absolute atomic E-state index is 0.186. The molecule has 0 heterocycles. The van der Waals surface area contributed by atoms with Crippen molar-refractivity contribution >= 4 is 29.6 Å². The van der Waals surface area contributed by atoms with E-state index >= 15 is 0 Å². The number of nitrogens with one attached hydrogen (secondary N) is 3. The Hall–Kier alpha value is -2.77. The van der Waals surface area contributed by atoms with Crippen LogP contribution < -0.4 is 27.4 Å². The molecule has 0 fully saturated rings. The second-order valence-corrected chi connectivity index (χ2v) is 6.80. The normalized spacial score (nSPS) is 15.8. The van der Waals surface area contributed by atoms with E-state index in [1.54, 1.807) is 6.92 Å². The summed E-state index contributed by atoms with van der Waals surface area (Å²) in [7, 11) is 0. The molecule has 13 heteroatoms. The van der Waals surface area contributed by atoms with Gasteiger partial charge in [-0.1, -0.05) is 20.3 Å². The van der Waals surface area contributed by atoms with Gasteiger partial charge in [-0.3, -0.25) is 19.2 Å². The Kier molecular flexibility index (Phi) is 12.2. The summed E-state index contributed by atoms with van der Waals surface area (Å²) in [4.78, 5) is 58.9. The summed E-state index contributed by atoms with van der Waals surface area (Å²) in [6.07, 6.45) is 0.169. The first-order valence-electron chi connectivity index (χ1n) is 9.37. The van der Waals surface area contributed by atoms with Crippen molar-refractivity contribution in [3.63, 3.8) is 0 Å². The van der Waals surface area contributed by atoms with Gasteiger partial charge in [0.15, 0.2) is 0 Å². The van der Waals surface area contributed by atoms with Crippen molar-refractivity contribution in [3.05, 3.63) is 0 Å². The Labute approximate surface area is 173 Å². The number of amides is 4. The number of rotatable bonds is 14. The molecule has 30 heavy (non-hydrogen) atoms. The maximum Gasteiger partial charge on any atom is 0.328 e. The average Bonchev–Trinajstić information content (AvgIpc) is 2.70. The lowest BCUT2D eigenvalue weighted by molar-refractivity contribution is -0.143. The van der Waals surface area contributed by atoms with E-state index in [0.29, 0.717) is 6.42 Å². The Morgan fingerprint density at radius 3 is 1.77 bits per heavy atom. The Balaban J connectivity index is 5.27. The topological polar surface area (TPSA) is 234 Å². The van der Waals surface area contributed by atoms with E-state index in [1.165, 1.54) is 0 Å². The number of aliphatic carboxylic acids is 1. The second-order valence-electron chi connectivity index (χ2n) is 6.80. The van der Waals surface area contributed by atoms with Crippen molar-refractivity contribution < 1.29 is 39.3 Å². The summed E-state index contributed by atoms with van der Waals surface area (Å²) in [5.74, 6) is -5.05. The molecule has 0 aromatic carbocycles. The van der Waals surface area contributed by atoms with Gasteiger partial charge >= 0.3 is 5.97 Å². The predicted octanol–water partition coefficient (Wildman–Crippen LogP) is -3.85. The van der Waals surface area contributed by atoms with Crippen LogP contribution in [0.15, 0.2) is 0 Å². The molecule has 0 rings (SSSR count). The summed E-state index contributed by atoms with van der Waals surface area (Å²) in [6.45, 7) is 1.78. The van der Waals surface area contributed by atoms with Crippen molar-refractivity contribution in [3.8, 4) is 0 Å².